The summed E-state index contributed by atoms with van der Waals surface area (Å²) in [5.74, 6) is 0.379. The molecule has 7 nitrogen and oxygen atoms in total. The third-order valence-corrected chi connectivity index (χ3v) is 3.93. The van der Waals surface area contributed by atoms with Gasteiger partial charge in [-0.1, -0.05) is 18.2 Å². The van der Waals surface area contributed by atoms with E-state index in [1.54, 1.807) is 13.0 Å². The molecule has 1 aromatic carbocycles. The fourth-order valence-corrected chi connectivity index (χ4v) is 2.61. The lowest BCUT2D eigenvalue weighted by atomic mass is 10.2. The first-order valence-electron chi connectivity index (χ1n) is 7.83. The quantitative estimate of drug-likeness (QED) is 0.766. The summed E-state index contributed by atoms with van der Waals surface area (Å²) in [6, 6.07) is 11.1. The maximum Gasteiger partial charge on any atom is 0.265 e. The second-order valence-corrected chi connectivity index (χ2v) is 5.76. The first-order valence-corrected chi connectivity index (χ1v) is 7.83. The lowest BCUT2D eigenvalue weighted by molar-refractivity contribution is -0.122. The number of amides is 2. The van der Waals surface area contributed by atoms with Crippen molar-refractivity contribution in [1.82, 2.24) is 10.3 Å². The van der Waals surface area contributed by atoms with Crippen molar-refractivity contribution in [2.45, 2.75) is 19.6 Å². The minimum absolute atomic E-state index is 0.254. The highest BCUT2D eigenvalue weighted by Crippen LogP contribution is 2.27. The number of carbonyl (C=O) groups excluding carboxylic acids is 2. The SMILES string of the molecule is CC1Oc2ncc(C(=O)NCc3cc4ccccc4o3)cc2NC1=O. The fraction of sp³-hybridized carbons (Fsp3) is 0.167. The van der Waals surface area contributed by atoms with Gasteiger partial charge in [-0.2, -0.15) is 0 Å². The van der Waals surface area contributed by atoms with Gasteiger partial charge < -0.3 is 19.8 Å². The van der Waals surface area contributed by atoms with Gasteiger partial charge in [0.25, 0.3) is 11.8 Å². The number of rotatable bonds is 3. The van der Waals surface area contributed by atoms with Crippen LogP contribution >= 0.6 is 0 Å². The Labute approximate surface area is 143 Å². The van der Waals surface area contributed by atoms with Crippen LogP contribution in [0.3, 0.4) is 0 Å². The summed E-state index contributed by atoms with van der Waals surface area (Å²) in [6.07, 6.45) is 0.810. The summed E-state index contributed by atoms with van der Waals surface area (Å²) in [5, 5.41) is 6.43. The number of nitrogens with one attached hydrogen (secondary N) is 2. The summed E-state index contributed by atoms with van der Waals surface area (Å²) in [7, 11) is 0. The minimum Gasteiger partial charge on any atom is -0.463 e. The zero-order chi connectivity index (χ0) is 17.4. The van der Waals surface area contributed by atoms with Crippen molar-refractivity contribution in [1.29, 1.82) is 0 Å². The van der Waals surface area contributed by atoms with Crippen LogP contribution in [0.1, 0.15) is 23.0 Å². The van der Waals surface area contributed by atoms with Gasteiger partial charge in [0.2, 0.25) is 5.88 Å². The van der Waals surface area contributed by atoms with Crippen molar-refractivity contribution in [3.63, 3.8) is 0 Å². The Hall–Kier alpha value is -3.35. The highest BCUT2D eigenvalue weighted by Gasteiger charge is 2.25. The molecule has 0 bridgehead atoms. The number of aromatic nitrogens is 1. The highest BCUT2D eigenvalue weighted by atomic mass is 16.5. The van der Waals surface area contributed by atoms with E-state index in [9.17, 15) is 9.59 Å². The van der Waals surface area contributed by atoms with Crippen molar-refractivity contribution in [3.8, 4) is 5.88 Å². The topological polar surface area (TPSA) is 93.5 Å². The molecule has 3 aromatic rings. The number of anilines is 1. The molecule has 4 rings (SSSR count). The molecule has 2 amide bonds. The van der Waals surface area contributed by atoms with Crippen LogP contribution in [-0.4, -0.2) is 22.9 Å². The van der Waals surface area contributed by atoms with Crippen molar-refractivity contribution in [2.75, 3.05) is 5.32 Å². The normalized spacial score (nSPS) is 16.0. The predicted molar refractivity (Wildman–Crippen MR) is 90.3 cm³/mol. The molecule has 126 valence electrons. The second-order valence-electron chi connectivity index (χ2n) is 5.76. The Morgan fingerprint density at radius 3 is 3.00 bits per heavy atom. The van der Waals surface area contributed by atoms with Crippen molar-refractivity contribution >= 4 is 28.5 Å². The molecule has 0 radical (unpaired) electrons. The van der Waals surface area contributed by atoms with Crippen molar-refractivity contribution < 1.29 is 18.7 Å². The average molecular weight is 337 g/mol. The molecule has 1 unspecified atom stereocenters. The Kier molecular flexibility index (Phi) is 3.61. The third kappa shape index (κ3) is 2.91. The number of benzene rings is 1. The van der Waals surface area contributed by atoms with Crippen molar-refractivity contribution in [3.05, 3.63) is 53.9 Å². The molecule has 0 aliphatic carbocycles. The molecule has 0 saturated heterocycles. The number of pyridine rings is 1. The van der Waals surface area contributed by atoms with Crippen LogP contribution in [0.15, 0.2) is 47.0 Å². The van der Waals surface area contributed by atoms with E-state index in [-0.39, 0.29) is 18.4 Å². The standard InChI is InChI=1S/C18H15N3O4/c1-10-16(22)21-14-7-12(8-20-18(14)24-10)17(23)19-9-13-6-11-4-2-3-5-15(11)25-13/h2-8,10H,9H2,1H3,(H,19,23)(H,21,22). The monoisotopic (exact) mass is 337 g/mol. The predicted octanol–water partition coefficient (Wildman–Crippen LogP) is 2.48. The van der Waals surface area contributed by atoms with Crippen LogP contribution in [-0.2, 0) is 11.3 Å². The number of ether oxygens (including phenoxy) is 1. The molecule has 7 heteroatoms. The smallest absolute Gasteiger partial charge is 0.265 e. The van der Waals surface area contributed by atoms with Gasteiger partial charge in [0.05, 0.1) is 12.1 Å². The van der Waals surface area contributed by atoms with Gasteiger partial charge in [0, 0.05) is 11.6 Å². The molecule has 25 heavy (non-hydrogen) atoms. The maximum absolute atomic E-state index is 12.3. The van der Waals surface area contributed by atoms with Gasteiger partial charge in [-0.15, -0.1) is 0 Å². The van der Waals surface area contributed by atoms with Crippen LogP contribution in [0.5, 0.6) is 5.88 Å². The molecular weight excluding hydrogens is 322 g/mol. The molecule has 3 heterocycles. The Bertz CT molecular complexity index is 946. The number of furan rings is 1. The molecule has 2 N–H and O–H groups in total. The van der Waals surface area contributed by atoms with E-state index in [2.05, 4.69) is 15.6 Å². The number of carbonyl (C=O) groups is 2. The van der Waals surface area contributed by atoms with E-state index in [0.29, 0.717) is 22.9 Å². The number of hydrogen-bond acceptors (Lipinski definition) is 5. The van der Waals surface area contributed by atoms with Crippen LogP contribution in [0.2, 0.25) is 0 Å². The molecule has 0 spiro atoms. The number of para-hydroxylation sites is 1. The Balaban J connectivity index is 1.48. The average Bonchev–Trinajstić information content (AvgIpc) is 3.03. The maximum atomic E-state index is 12.3. The van der Waals surface area contributed by atoms with Gasteiger partial charge in [-0.25, -0.2) is 4.98 Å². The van der Waals surface area contributed by atoms with E-state index >= 15 is 0 Å². The van der Waals surface area contributed by atoms with Gasteiger partial charge >= 0.3 is 0 Å². The number of nitrogens with zero attached hydrogens (tertiary/aromatic N) is 1. The van der Waals surface area contributed by atoms with Gasteiger partial charge in [0.15, 0.2) is 6.10 Å². The summed E-state index contributed by atoms with van der Waals surface area (Å²) in [4.78, 5) is 28.1. The molecule has 2 aromatic heterocycles. The summed E-state index contributed by atoms with van der Waals surface area (Å²) in [5.41, 5.74) is 1.49. The third-order valence-electron chi connectivity index (χ3n) is 3.93. The van der Waals surface area contributed by atoms with E-state index in [1.807, 2.05) is 30.3 Å². The number of hydrogen-bond donors (Lipinski definition) is 2. The molecule has 1 atom stereocenters. The second kappa shape index (κ2) is 5.94. The van der Waals surface area contributed by atoms with Crippen molar-refractivity contribution in [2.24, 2.45) is 0 Å². The van der Waals surface area contributed by atoms with Crippen LogP contribution in [0.4, 0.5) is 5.69 Å². The first kappa shape index (κ1) is 15.2. The van der Waals surface area contributed by atoms with E-state index in [1.165, 1.54) is 6.20 Å². The molecule has 1 aliphatic heterocycles. The van der Waals surface area contributed by atoms with E-state index < -0.39 is 6.10 Å². The first-order chi connectivity index (χ1) is 12.1. The highest BCUT2D eigenvalue weighted by molar-refractivity contribution is 6.00. The van der Waals surface area contributed by atoms with Gasteiger partial charge in [-0.3, -0.25) is 9.59 Å². The summed E-state index contributed by atoms with van der Waals surface area (Å²) >= 11 is 0. The number of fused-ring (bicyclic) bond motifs is 2. The van der Waals surface area contributed by atoms with Gasteiger partial charge in [-0.05, 0) is 25.1 Å². The molecule has 0 fully saturated rings. The van der Waals surface area contributed by atoms with Crippen LogP contribution < -0.4 is 15.4 Å². The zero-order valence-electron chi connectivity index (χ0n) is 13.4. The van der Waals surface area contributed by atoms with Crippen LogP contribution in [0, 0.1) is 0 Å². The summed E-state index contributed by atoms with van der Waals surface area (Å²) in [6.45, 7) is 1.89. The lowest BCUT2D eigenvalue weighted by Gasteiger charge is -2.22. The summed E-state index contributed by atoms with van der Waals surface area (Å²) < 4.78 is 11.0. The molecule has 0 saturated carbocycles. The van der Waals surface area contributed by atoms with Gasteiger partial charge in [0.1, 0.15) is 17.0 Å². The fourth-order valence-electron chi connectivity index (χ4n) is 2.61. The van der Waals surface area contributed by atoms with E-state index in [4.69, 9.17) is 9.15 Å². The Morgan fingerprint density at radius 1 is 1.32 bits per heavy atom. The largest absolute Gasteiger partial charge is 0.463 e. The molecular formula is C18H15N3O4. The van der Waals surface area contributed by atoms with Crippen LogP contribution in [0.25, 0.3) is 11.0 Å². The molecule has 1 aliphatic rings. The zero-order valence-corrected chi connectivity index (χ0v) is 13.4. The lowest BCUT2D eigenvalue weighted by Crippen LogP contribution is -2.35. The minimum atomic E-state index is -0.604. The Morgan fingerprint density at radius 2 is 2.16 bits per heavy atom. The van der Waals surface area contributed by atoms with E-state index in [0.717, 1.165) is 11.0 Å².